The Hall–Kier alpha value is -0.910. The van der Waals surface area contributed by atoms with Crippen LogP contribution in [-0.2, 0) is 14.3 Å². The molecule has 164 valence electrons. The van der Waals surface area contributed by atoms with Gasteiger partial charge >= 0.3 is 5.97 Å². The van der Waals surface area contributed by atoms with Crippen molar-refractivity contribution in [1.82, 2.24) is 15.1 Å². The molecule has 29 heavy (non-hydrogen) atoms. The minimum absolute atomic E-state index is 0. The Kier molecular flexibility index (Phi) is 10.7. The topological polar surface area (TPSA) is 66.4 Å². The number of halogens is 1. The van der Waals surface area contributed by atoms with Crippen molar-refractivity contribution < 1.29 is 14.3 Å². The molecule has 1 N–H and O–H groups in total. The number of piperidine rings is 1. The fourth-order valence-electron chi connectivity index (χ4n) is 3.92. The number of carbonyl (C=O) groups excluding carboxylic acids is 1. The number of nitrogens with one attached hydrogen (secondary N) is 1. The van der Waals surface area contributed by atoms with Gasteiger partial charge in [0, 0.05) is 44.6 Å². The minimum Gasteiger partial charge on any atom is -0.466 e. The lowest BCUT2D eigenvalue weighted by Crippen LogP contribution is -2.50. The molecular formula is C20H33IN4O3S. The number of hydrogen-bond acceptors (Lipinski definition) is 6. The molecule has 1 aromatic rings. The summed E-state index contributed by atoms with van der Waals surface area (Å²) < 4.78 is 10.8. The molecule has 0 radical (unpaired) electrons. The first kappa shape index (κ1) is 24.4. The molecule has 2 unspecified atom stereocenters. The van der Waals surface area contributed by atoms with Crippen molar-refractivity contribution >= 4 is 47.2 Å². The molecule has 0 amide bonds. The van der Waals surface area contributed by atoms with E-state index in [2.05, 4.69) is 37.6 Å². The van der Waals surface area contributed by atoms with E-state index in [4.69, 9.17) is 9.47 Å². The van der Waals surface area contributed by atoms with Gasteiger partial charge in [0.25, 0.3) is 0 Å². The van der Waals surface area contributed by atoms with Crippen molar-refractivity contribution in [2.24, 2.45) is 10.9 Å². The molecule has 0 saturated carbocycles. The number of esters is 1. The highest BCUT2D eigenvalue weighted by Crippen LogP contribution is 2.25. The van der Waals surface area contributed by atoms with Gasteiger partial charge in [-0.2, -0.15) is 0 Å². The highest BCUT2D eigenvalue weighted by Gasteiger charge is 2.29. The van der Waals surface area contributed by atoms with Gasteiger partial charge in [0.1, 0.15) is 0 Å². The molecular weight excluding hydrogens is 503 g/mol. The molecule has 9 heteroatoms. The van der Waals surface area contributed by atoms with Crippen LogP contribution in [0.5, 0.6) is 0 Å². The van der Waals surface area contributed by atoms with Crippen LogP contribution in [0.25, 0.3) is 0 Å². The lowest BCUT2D eigenvalue weighted by Gasteiger charge is -2.37. The van der Waals surface area contributed by atoms with E-state index in [9.17, 15) is 4.79 Å². The largest absolute Gasteiger partial charge is 0.466 e. The number of likely N-dealkylation sites (tertiary alicyclic amines) is 1. The second-order valence-corrected chi connectivity index (χ2v) is 8.12. The first-order valence-corrected chi connectivity index (χ1v) is 11.1. The number of nitrogens with zero attached hydrogens (tertiary/aromatic N) is 3. The van der Waals surface area contributed by atoms with E-state index in [-0.39, 0.29) is 35.9 Å². The van der Waals surface area contributed by atoms with Gasteiger partial charge in [-0.05, 0) is 31.2 Å². The number of thiophene rings is 1. The summed E-state index contributed by atoms with van der Waals surface area (Å²) in [6, 6.07) is 4.61. The van der Waals surface area contributed by atoms with Crippen LogP contribution in [0.1, 0.15) is 30.7 Å². The summed E-state index contributed by atoms with van der Waals surface area (Å²) >= 11 is 1.79. The number of ether oxygens (including phenoxy) is 2. The van der Waals surface area contributed by atoms with Gasteiger partial charge in [-0.25, -0.2) is 0 Å². The zero-order chi connectivity index (χ0) is 19.8. The van der Waals surface area contributed by atoms with E-state index in [1.54, 1.807) is 11.3 Å². The van der Waals surface area contributed by atoms with E-state index in [0.29, 0.717) is 19.2 Å². The molecule has 1 aromatic heterocycles. The van der Waals surface area contributed by atoms with E-state index in [1.807, 2.05) is 14.0 Å². The molecule has 7 nitrogen and oxygen atoms in total. The number of rotatable bonds is 6. The third-order valence-electron chi connectivity index (χ3n) is 5.36. The van der Waals surface area contributed by atoms with Crippen molar-refractivity contribution in [3.63, 3.8) is 0 Å². The van der Waals surface area contributed by atoms with Crippen LogP contribution >= 0.6 is 35.3 Å². The molecule has 3 heterocycles. The van der Waals surface area contributed by atoms with Gasteiger partial charge in [-0.1, -0.05) is 6.07 Å². The zero-order valence-corrected chi connectivity index (χ0v) is 20.5. The Morgan fingerprint density at radius 1 is 1.41 bits per heavy atom. The number of guanidine groups is 1. The summed E-state index contributed by atoms with van der Waals surface area (Å²) in [5.74, 6) is 0.704. The van der Waals surface area contributed by atoms with Crippen LogP contribution in [0.15, 0.2) is 22.5 Å². The molecule has 3 rings (SSSR count). The monoisotopic (exact) mass is 536 g/mol. The van der Waals surface area contributed by atoms with E-state index < -0.39 is 0 Å². The second-order valence-electron chi connectivity index (χ2n) is 7.14. The van der Waals surface area contributed by atoms with Crippen molar-refractivity contribution in [3.05, 3.63) is 22.4 Å². The maximum absolute atomic E-state index is 12.2. The second kappa shape index (κ2) is 12.7. The van der Waals surface area contributed by atoms with Crippen LogP contribution in [0.2, 0.25) is 0 Å². The fraction of sp³-hybridized carbons (Fsp3) is 0.700. The Morgan fingerprint density at radius 2 is 2.21 bits per heavy atom. The lowest BCUT2D eigenvalue weighted by molar-refractivity contribution is -0.149. The van der Waals surface area contributed by atoms with E-state index in [1.165, 1.54) is 4.88 Å². The maximum atomic E-state index is 12.2. The molecule has 2 atom stereocenters. The van der Waals surface area contributed by atoms with E-state index >= 15 is 0 Å². The van der Waals surface area contributed by atoms with E-state index in [0.717, 1.165) is 58.2 Å². The Bertz CT molecular complexity index is 638. The van der Waals surface area contributed by atoms with Crippen molar-refractivity contribution in [3.8, 4) is 0 Å². The minimum atomic E-state index is -0.0903. The van der Waals surface area contributed by atoms with Crippen LogP contribution in [0, 0.1) is 5.92 Å². The lowest BCUT2D eigenvalue weighted by atomic mass is 9.98. The van der Waals surface area contributed by atoms with Gasteiger partial charge in [0.05, 0.1) is 31.8 Å². The van der Waals surface area contributed by atoms with Crippen LogP contribution in [-0.4, -0.2) is 81.3 Å². The van der Waals surface area contributed by atoms with Crippen LogP contribution in [0.3, 0.4) is 0 Å². The molecule has 0 aromatic carbocycles. The summed E-state index contributed by atoms with van der Waals surface area (Å²) in [5, 5.41) is 5.70. The van der Waals surface area contributed by atoms with Crippen molar-refractivity contribution in [2.75, 3.05) is 59.6 Å². The normalized spacial score (nSPS) is 21.9. The predicted octanol–water partition coefficient (Wildman–Crippen LogP) is 2.59. The Labute approximate surface area is 194 Å². The van der Waals surface area contributed by atoms with Crippen LogP contribution < -0.4 is 5.32 Å². The smallest absolute Gasteiger partial charge is 0.310 e. The van der Waals surface area contributed by atoms with Crippen LogP contribution in [0.4, 0.5) is 0 Å². The average molecular weight is 536 g/mol. The number of aliphatic imine (C=N–C) groups is 1. The SMILES string of the molecule is CCOC(=O)C1CCCN(C(=NC)NCC(c2cccs2)N2CCOCC2)C1.I. The van der Waals surface area contributed by atoms with Gasteiger partial charge in [-0.15, -0.1) is 35.3 Å². The highest BCUT2D eigenvalue weighted by molar-refractivity contribution is 14.0. The average Bonchev–Trinajstić information content (AvgIpc) is 3.27. The number of hydrogen-bond donors (Lipinski definition) is 1. The Morgan fingerprint density at radius 3 is 2.86 bits per heavy atom. The predicted molar refractivity (Wildman–Crippen MR) is 127 cm³/mol. The van der Waals surface area contributed by atoms with Gasteiger partial charge in [-0.3, -0.25) is 14.7 Å². The highest BCUT2D eigenvalue weighted by atomic mass is 127. The summed E-state index contributed by atoms with van der Waals surface area (Å²) in [4.78, 5) is 22.7. The fourth-order valence-corrected chi connectivity index (χ4v) is 4.78. The molecule has 2 fully saturated rings. The summed E-state index contributed by atoms with van der Waals surface area (Å²) in [7, 11) is 1.81. The molecule has 0 spiro atoms. The molecule has 0 bridgehead atoms. The third-order valence-corrected chi connectivity index (χ3v) is 6.34. The quantitative estimate of drug-likeness (QED) is 0.261. The summed E-state index contributed by atoms with van der Waals surface area (Å²) in [5.41, 5.74) is 0. The van der Waals surface area contributed by atoms with Crippen molar-refractivity contribution in [1.29, 1.82) is 0 Å². The van der Waals surface area contributed by atoms with Gasteiger partial charge in [0.15, 0.2) is 5.96 Å². The van der Waals surface area contributed by atoms with Gasteiger partial charge < -0.3 is 19.7 Å². The molecule has 2 saturated heterocycles. The molecule has 2 aliphatic heterocycles. The molecule has 0 aliphatic carbocycles. The Balaban J connectivity index is 0.00000300. The third kappa shape index (κ3) is 6.80. The van der Waals surface area contributed by atoms with Gasteiger partial charge in [0.2, 0.25) is 0 Å². The van der Waals surface area contributed by atoms with Crippen molar-refractivity contribution in [2.45, 2.75) is 25.8 Å². The zero-order valence-electron chi connectivity index (χ0n) is 17.3. The maximum Gasteiger partial charge on any atom is 0.310 e. The first-order valence-electron chi connectivity index (χ1n) is 10.2. The number of carbonyl (C=O) groups is 1. The molecule has 2 aliphatic rings. The number of morpholine rings is 1. The summed E-state index contributed by atoms with van der Waals surface area (Å²) in [6.45, 7) is 8.10. The standard InChI is InChI=1S/C20H32N4O3S.HI/c1-3-27-19(25)16-6-4-8-24(15-16)20(21-2)22-14-17(18-7-5-13-28-18)23-9-11-26-12-10-23;/h5,7,13,16-17H,3-4,6,8-12,14-15H2,1-2H3,(H,21,22);1H. The summed E-state index contributed by atoms with van der Waals surface area (Å²) in [6.07, 6.45) is 1.86. The first-order chi connectivity index (χ1) is 13.7.